The Morgan fingerprint density at radius 2 is 0.434 bits per heavy atom. The summed E-state index contributed by atoms with van der Waals surface area (Å²) in [4.78, 5) is 22.1. The van der Waals surface area contributed by atoms with Crippen molar-refractivity contribution in [3.05, 3.63) is 485 Å². The predicted molar refractivity (Wildman–Crippen MR) is 604 cm³/mol. The van der Waals surface area contributed by atoms with Crippen LogP contribution < -0.4 is 0 Å². The van der Waals surface area contributed by atoms with Gasteiger partial charge in [-0.05, 0) is 321 Å². The Kier molecular flexibility index (Phi) is 20.0. The number of hydrogen-bond donors (Lipinski definition) is 0. The van der Waals surface area contributed by atoms with E-state index in [4.69, 9.17) is 15.0 Å². The molecule has 30 rings (SSSR count). The van der Waals surface area contributed by atoms with Crippen molar-refractivity contribution in [1.82, 2.24) is 28.7 Å². The molecule has 3 aliphatic rings. The Labute approximate surface area is 839 Å². The number of aromatic nitrogens is 6. The van der Waals surface area contributed by atoms with E-state index >= 15 is 0 Å². The van der Waals surface area contributed by atoms with Crippen LogP contribution in [0.5, 0.6) is 0 Å². The Balaban J connectivity index is 0.000000105. The zero-order valence-electron chi connectivity index (χ0n) is 78.4. The average Bonchev–Trinajstić information content (AvgIpc) is 1.72. The molecule has 0 amide bonds. The summed E-state index contributed by atoms with van der Waals surface area (Å²) >= 11 is 5.53. The second-order valence-electron chi connectivity index (χ2n) is 37.5. The molecule has 3 aliphatic heterocycles. The second kappa shape index (κ2) is 34.1. The number of aryl methyl sites for hydroxylation is 3. The molecule has 670 valence electrons. The van der Waals surface area contributed by atoms with Crippen molar-refractivity contribution in [2.24, 2.45) is 0 Å². The molecule has 0 radical (unpaired) electrons. The quantitative estimate of drug-likeness (QED) is 0.127. The lowest BCUT2D eigenvalue weighted by Crippen LogP contribution is -2.03. The van der Waals surface area contributed by atoms with Crippen molar-refractivity contribution in [1.29, 1.82) is 0 Å². The Hall–Kier alpha value is -17.2. The normalized spacial score (nSPS) is 12.2. The van der Waals surface area contributed by atoms with E-state index < -0.39 is 0 Å². The van der Waals surface area contributed by atoms with Gasteiger partial charge in [-0.25, -0.2) is 15.0 Å². The molecule has 0 spiro atoms. The fourth-order valence-electron chi connectivity index (χ4n) is 23.0. The van der Waals surface area contributed by atoms with Gasteiger partial charge in [0.05, 0.1) is 50.2 Å². The molecule has 9 heteroatoms. The topological polar surface area (TPSA) is 53.5 Å². The van der Waals surface area contributed by atoms with Crippen LogP contribution in [0.2, 0.25) is 0 Å². The molecule has 0 atom stereocenters. The molecule has 0 saturated carbocycles. The first kappa shape index (κ1) is 83.9. The lowest BCUT2D eigenvalue weighted by Gasteiger charge is -2.21. The fraction of sp³-hybridized carbons (Fsp3) is 0.0224. The smallest absolute Gasteiger partial charge is 0.111 e. The first-order valence-electron chi connectivity index (χ1n) is 48.8. The van der Waals surface area contributed by atoms with E-state index in [-0.39, 0.29) is 0 Å². The maximum Gasteiger partial charge on any atom is 0.111 e. The van der Waals surface area contributed by atoms with Crippen LogP contribution in [-0.4, -0.2) is 28.7 Å². The highest BCUT2D eigenvalue weighted by Gasteiger charge is 2.30. The Morgan fingerprint density at radius 3 is 0.846 bits per heavy atom. The molecular weight excluding hydrogens is 1790 g/mol. The molecular formula is C134H86N6S3. The van der Waals surface area contributed by atoms with E-state index in [1.54, 1.807) is 0 Å². The maximum atomic E-state index is 4.87. The highest BCUT2D eigenvalue weighted by atomic mass is 32.2. The summed E-state index contributed by atoms with van der Waals surface area (Å²) in [6, 6.07) is 171. The molecule has 0 unspecified atom stereocenters. The van der Waals surface area contributed by atoms with Crippen molar-refractivity contribution >= 4 is 155 Å². The monoisotopic (exact) mass is 1870 g/mol. The minimum Gasteiger partial charge on any atom is -0.294 e. The summed E-state index contributed by atoms with van der Waals surface area (Å²) < 4.78 is 6.95. The minimum absolute atomic E-state index is 1.02. The first-order chi connectivity index (χ1) is 70.6. The van der Waals surface area contributed by atoms with Gasteiger partial charge in [0.15, 0.2) is 0 Å². The molecule has 24 aromatic carbocycles. The highest BCUT2D eigenvalue weighted by molar-refractivity contribution is 8.00. The summed E-state index contributed by atoms with van der Waals surface area (Å²) in [5.74, 6) is 3.06. The minimum atomic E-state index is 1.02. The van der Waals surface area contributed by atoms with Gasteiger partial charge >= 0.3 is 0 Å². The van der Waals surface area contributed by atoms with E-state index in [9.17, 15) is 0 Å². The summed E-state index contributed by atoms with van der Waals surface area (Å²) in [5.41, 5.74) is 35.2. The number of nitrogens with zero attached hydrogens (tertiary/aromatic N) is 6. The van der Waals surface area contributed by atoms with Gasteiger partial charge < -0.3 is 0 Å². The molecule has 3 aromatic heterocycles. The van der Waals surface area contributed by atoms with Crippen molar-refractivity contribution in [2.75, 3.05) is 0 Å². The van der Waals surface area contributed by atoms with Crippen LogP contribution in [0.25, 0.3) is 248 Å². The van der Waals surface area contributed by atoms with E-state index in [0.29, 0.717) is 0 Å². The van der Waals surface area contributed by atoms with Crippen molar-refractivity contribution < 1.29 is 0 Å². The third-order valence-corrected chi connectivity index (χ3v) is 32.6. The number of hydrogen-bond acceptors (Lipinski definition) is 6. The van der Waals surface area contributed by atoms with Crippen LogP contribution in [-0.2, 0) is 0 Å². The summed E-state index contributed by atoms with van der Waals surface area (Å²) in [7, 11) is 0. The summed E-state index contributed by atoms with van der Waals surface area (Å²) in [5, 5.41) is 20.2. The fourth-order valence-corrected chi connectivity index (χ4v) is 26.4. The SMILES string of the molecule is Cc1nc2cccc3c2n1-c1ccc(-c2ccc4c(-c5ccccc5)c5ccccc5c(-c5ccc6ccccc6c5)c4c2)cc1S3.Cc1nc2cccc3c2n1-c1ccc(-c2ccc4c(-c5ccccc5)c5ccccc5c(-c5cccc(-c6ccccc6)c5)c4c2)cc1S3.Cc1nc2cccc3c2n1-c1ccc(-c2ccc4c(-c5ccccc5)c5ccccc5c(-c5cccc6ccccc56)c4c2)cc1S3. The van der Waals surface area contributed by atoms with E-state index in [1.807, 2.05) is 35.3 Å². The summed E-state index contributed by atoms with van der Waals surface area (Å²) in [6.45, 7) is 6.30. The molecule has 6 nitrogen and oxygen atoms in total. The lowest BCUT2D eigenvalue weighted by molar-refractivity contribution is 0.963. The number of benzene rings is 24. The van der Waals surface area contributed by atoms with Crippen molar-refractivity contribution in [2.45, 2.75) is 50.1 Å². The van der Waals surface area contributed by atoms with Crippen LogP contribution in [0, 0.1) is 20.8 Å². The van der Waals surface area contributed by atoms with Crippen LogP contribution in [0.15, 0.2) is 496 Å². The molecule has 0 N–H and O–H groups in total. The van der Waals surface area contributed by atoms with Gasteiger partial charge in [0.25, 0.3) is 0 Å². The Morgan fingerprint density at radius 1 is 0.161 bits per heavy atom. The molecule has 27 aromatic rings. The van der Waals surface area contributed by atoms with Crippen LogP contribution in [0.4, 0.5) is 0 Å². The molecule has 0 fully saturated rings. The van der Waals surface area contributed by atoms with Gasteiger partial charge in [-0.15, -0.1) is 0 Å². The largest absolute Gasteiger partial charge is 0.294 e. The standard InChI is InChI=1S/C46H30N2S.2C44H28N2S/c1-29-47-40-20-11-21-42-46(40)48(29)41-25-23-34(28-43(41)49-42)33-22-24-38-39(27-33)45(35-17-10-16-32(26-35)30-12-4-2-5-13-30)37-19-9-8-18-36(37)44(38)31-14-6-3-7-15-31;1-27-45-38-19-10-20-40-44(38)46(27)39-24-22-31(26-41(39)47-40)30-21-23-36-37(25-30)43(33-18-9-14-28-11-5-6-15-32(28)33)35-17-8-7-16-34(35)42(36)29-12-3-2-4-13-29;1-27-45-38-16-9-17-40-44(38)46(27)39-23-21-32(26-41(39)47-40)31-20-22-36-37(25-31)43(33-19-18-28-10-5-6-13-30(28)24-33)35-15-8-7-14-34(35)42(36)29-11-3-2-4-12-29/h2-28H,1H3;2*2-26H,1H3. The van der Waals surface area contributed by atoms with Gasteiger partial charge in [0.1, 0.15) is 17.5 Å². The third kappa shape index (κ3) is 14.0. The highest BCUT2D eigenvalue weighted by Crippen LogP contribution is 2.55. The van der Waals surface area contributed by atoms with Gasteiger partial charge in [0.2, 0.25) is 0 Å². The van der Waals surface area contributed by atoms with Gasteiger partial charge in [-0.3, -0.25) is 13.7 Å². The number of rotatable bonds is 10. The van der Waals surface area contributed by atoms with Gasteiger partial charge in [0, 0.05) is 29.4 Å². The van der Waals surface area contributed by atoms with E-state index in [2.05, 4.69) is 502 Å². The van der Waals surface area contributed by atoms with E-state index in [1.165, 1.54) is 260 Å². The van der Waals surface area contributed by atoms with Crippen molar-refractivity contribution in [3.8, 4) is 128 Å². The molecule has 143 heavy (non-hydrogen) atoms. The maximum absolute atomic E-state index is 4.87. The Bertz CT molecular complexity index is 9980. The third-order valence-electron chi connectivity index (χ3n) is 29.3. The first-order valence-corrected chi connectivity index (χ1v) is 51.3. The van der Waals surface area contributed by atoms with Crippen molar-refractivity contribution in [3.63, 3.8) is 0 Å². The average molecular weight is 1880 g/mol. The molecule has 0 aliphatic carbocycles. The molecule has 0 bridgehead atoms. The second-order valence-corrected chi connectivity index (χ2v) is 40.8. The number of imidazole rings is 3. The van der Waals surface area contributed by atoms with Crippen LogP contribution in [0.3, 0.4) is 0 Å². The zero-order valence-corrected chi connectivity index (χ0v) is 80.8. The zero-order chi connectivity index (χ0) is 94.6. The summed E-state index contributed by atoms with van der Waals surface area (Å²) in [6.07, 6.45) is 0. The van der Waals surface area contributed by atoms with Gasteiger partial charge in [-0.1, -0.05) is 399 Å². The lowest BCUT2D eigenvalue weighted by atomic mass is 9.84. The number of para-hydroxylation sites is 3. The van der Waals surface area contributed by atoms with Gasteiger partial charge in [-0.2, -0.15) is 0 Å². The number of fused-ring (bicyclic) bond motifs is 14. The van der Waals surface area contributed by atoms with Crippen LogP contribution in [0.1, 0.15) is 17.5 Å². The van der Waals surface area contributed by atoms with E-state index in [0.717, 1.165) is 34.0 Å². The molecule has 0 saturated heterocycles. The molecule has 6 heterocycles. The predicted octanol–water partition coefficient (Wildman–Crippen LogP) is 37.3. The van der Waals surface area contributed by atoms with Crippen LogP contribution >= 0.6 is 35.3 Å².